The third kappa shape index (κ3) is 9.13. The molecule has 0 heterocycles. The van der Waals surface area contributed by atoms with Crippen LogP contribution in [0.1, 0.15) is 12.8 Å². The number of carboxylic acids is 2. The van der Waals surface area contributed by atoms with Gasteiger partial charge in [-0.2, -0.15) is 0 Å². The number of rotatable bonds is 12. The molecule has 0 bridgehead atoms. The molecule has 0 aromatic rings. The quantitative estimate of drug-likeness (QED) is 0.157. The fourth-order valence-electron chi connectivity index (χ4n) is 1.78. The number of hydrogen-bond acceptors (Lipinski definition) is 8. The number of aliphatic carboxylic acids is 2. The summed E-state index contributed by atoms with van der Waals surface area (Å²) in [6.45, 7) is -1.50. The molecule has 0 rings (SSSR count). The highest BCUT2D eigenvalue weighted by molar-refractivity contribution is 5.96. The van der Waals surface area contributed by atoms with E-state index in [1.807, 2.05) is 10.6 Å². The lowest BCUT2D eigenvalue weighted by molar-refractivity contribution is -0.144. The maximum atomic E-state index is 12.2. The number of aliphatic hydroxyl groups is 1. The number of nitrogens with one attached hydrogen (secondary N) is 3. The highest BCUT2D eigenvalue weighted by Gasteiger charge is 2.31. The molecule has 10 N–H and O–H groups in total. The predicted octanol–water partition coefficient (Wildman–Crippen LogP) is -5.17. The van der Waals surface area contributed by atoms with E-state index < -0.39 is 79.7 Å². The van der Waals surface area contributed by atoms with Gasteiger partial charge >= 0.3 is 11.9 Å². The normalized spacial score (nSPS) is 13.6. The van der Waals surface area contributed by atoms with Gasteiger partial charge in [0, 0.05) is 0 Å². The van der Waals surface area contributed by atoms with Crippen LogP contribution in [0.15, 0.2) is 0 Å². The largest absolute Gasteiger partial charge is 0.481 e. The number of nitrogens with two attached hydrogens (primary N) is 2. The number of carbonyl (C=O) groups excluding carboxylic acids is 4. The van der Waals surface area contributed by atoms with Crippen molar-refractivity contribution in [1.82, 2.24) is 16.0 Å². The lowest BCUT2D eigenvalue weighted by atomic mass is 10.1. The van der Waals surface area contributed by atoms with E-state index in [-0.39, 0.29) is 0 Å². The smallest absolute Gasteiger partial charge is 0.328 e. The Balaban J connectivity index is 5.32. The lowest BCUT2D eigenvalue weighted by Crippen LogP contribution is -2.57. The molecule has 0 radical (unpaired) electrons. The van der Waals surface area contributed by atoms with Crippen LogP contribution in [0.2, 0.25) is 0 Å². The van der Waals surface area contributed by atoms with E-state index in [1.54, 1.807) is 0 Å². The minimum atomic E-state index is -1.76. The molecule has 4 amide bonds. The first kappa shape index (κ1) is 23.7. The molecule has 0 spiro atoms. The highest BCUT2D eigenvalue weighted by atomic mass is 16.4. The summed E-state index contributed by atoms with van der Waals surface area (Å²) in [5, 5.41) is 32.4. The molecule has 0 aromatic heterocycles. The van der Waals surface area contributed by atoms with Gasteiger partial charge in [0.25, 0.3) is 0 Å². The molecule has 0 saturated carbocycles. The first-order chi connectivity index (χ1) is 12.5. The number of carbonyl (C=O) groups is 6. The Kier molecular flexibility index (Phi) is 10.0. The number of amides is 4. The average molecular weight is 391 g/mol. The van der Waals surface area contributed by atoms with Crippen LogP contribution >= 0.6 is 0 Å². The molecule has 0 saturated heterocycles. The summed E-state index contributed by atoms with van der Waals surface area (Å²) in [6, 6.07) is -5.02. The molecule has 0 aliphatic rings. The summed E-state index contributed by atoms with van der Waals surface area (Å²) < 4.78 is 0. The summed E-state index contributed by atoms with van der Waals surface area (Å²) in [5.41, 5.74) is 10.1. The molecule has 0 aromatic carbocycles. The van der Waals surface area contributed by atoms with Gasteiger partial charge in [-0.1, -0.05) is 0 Å². The minimum absolute atomic E-state index is 0.516. The van der Waals surface area contributed by atoms with Gasteiger partial charge in [-0.25, -0.2) is 4.79 Å². The maximum Gasteiger partial charge on any atom is 0.328 e. The molecule has 14 nitrogen and oxygen atoms in total. The Hall–Kier alpha value is -3.26. The first-order valence-electron chi connectivity index (χ1n) is 7.45. The van der Waals surface area contributed by atoms with Gasteiger partial charge in [0.15, 0.2) is 0 Å². The van der Waals surface area contributed by atoms with E-state index in [4.69, 9.17) is 26.8 Å². The third-order valence-corrected chi connectivity index (χ3v) is 3.05. The van der Waals surface area contributed by atoms with Crippen LogP contribution in [0, 0.1) is 0 Å². The molecule has 0 aliphatic carbocycles. The van der Waals surface area contributed by atoms with Crippen molar-refractivity contribution in [2.24, 2.45) is 11.5 Å². The van der Waals surface area contributed by atoms with E-state index >= 15 is 0 Å². The molecule has 3 unspecified atom stereocenters. The van der Waals surface area contributed by atoms with Crippen molar-refractivity contribution in [3.8, 4) is 0 Å². The standard InChI is InChI=1S/C13H21N5O9/c14-3-9(21)16-5(1-8(15)20)11(24)17-6(2-10(22)23)12(25)18-7(4-19)13(26)27/h5-7,19H,1-4,14H2,(H2,15,20)(H,16,21)(H,17,24)(H,18,25)(H,22,23)(H,26,27). The van der Waals surface area contributed by atoms with Crippen molar-refractivity contribution in [2.75, 3.05) is 13.2 Å². The zero-order valence-electron chi connectivity index (χ0n) is 14.0. The van der Waals surface area contributed by atoms with Gasteiger partial charge in [0.2, 0.25) is 23.6 Å². The molecule has 152 valence electrons. The topological polar surface area (TPSA) is 251 Å². The third-order valence-electron chi connectivity index (χ3n) is 3.05. The SMILES string of the molecule is NCC(=O)NC(CC(N)=O)C(=O)NC(CC(=O)O)C(=O)NC(CO)C(=O)O. The number of aliphatic hydroxyl groups excluding tert-OH is 1. The van der Waals surface area contributed by atoms with Gasteiger partial charge in [-0.05, 0) is 0 Å². The van der Waals surface area contributed by atoms with E-state index in [0.29, 0.717) is 0 Å². The average Bonchev–Trinajstić information content (AvgIpc) is 2.56. The van der Waals surface area contributed by atoms with Crippen molar-refractivity contribution < 1.29 is 44.1 Å². The van der Waals surface area contributed by atoms with Gasteiger partial charge in [0.1, 0.15) is 18.1 Å². The van der Waals surface area contributed by atoms with Crippen molar-refractivity contribution >= 4 is 35.6 Å². The van der Waals surface area contributed by atoms with Crippen molar-refractivity contribution in [2.45, 2.75) is 31.0 Å². The van der Waals surface area contributed by atoms with Crippen LogP contribution in [0.4, 0.5) is 0 Å². The van der Waals surface area contributed by atoms with E-state index in [0.717, 1.165) is 0 Å². The van der Waals surface area contributed by atoms with E-state index in [9.17, 15) is 28.8 Å². The lowest BCUT2D eigenvalue weighted by Gasteiger charge is -2.22. The van der Waals surface area contributed by atoms with E-state index in [1.165, 1.54) is 0 Å². The molecule has 0 aliphatic heterocycles. The van der Waals surface area contributed by atoms with Crippen LogP contribution in [-0.2, 0) is 28.8 Å². The van der Waals surface area contributed by atoms with Crippen molar-refractivity contribution in [3.05, 3.63) is 0 Å². The fourth-order valence-corrected chi connectivity index (χ4v) is 1.78. The Bertz CT molecular complexity index is 609. The summed E-state index contributed by atoms with van der Waals surface area (Å²) >= 11 is 0. The molecule has 0 fully saturated rings. The number of carboxylic acid groups (broad SMARTS) is 2. The van der Waals surface area contributed by atoms with Gasteiger partial charge in [0.05, 0.1) is 26.0 Å². The van der Waals surface area contributed by atoms with E-state index in [2.05, 4.69) is 5.32 Å². The van der Waals surface area contributed by atoms with Crippen LogP contribution in [0.3, 0.4) is 0 Å². The summed E-state index contributed by atoms with van der Waals surface area (Å²) in [5.74, 6) is -7.22. The Morgan fingerprint density at radius 2 is 1.30 bits per heavy atom. The molecular weight excluding hydrogens is 370 g/mol. The molecule has 14 heteroatoms. The van der Waals surface area contributed by atoms with Crippen LogP contribution < -0.4 is 27.4 Å². The van der Waals surface area contributed by atoms with Crippen LogP contribution in [-0.4, -0.2) is 82.2 Å². The van der Waals surface area contributed by atoms with Gasteiger partial charge < -0.3 is 42.7 Å². The van der Waals surface area contributed by atoms with Gasteiger partial charge in [-0.3, -0.25) is 24.0 Å². The van der Waals surface area contributed by atoms with Crippen molar-refractivity contribution in [3.63, 3.8) is 0 Å². The second-order valence-electron chi connectivity index (χ2n) is 5.24. The summed E-state index contributed by atoms with van der Waals surface area (Å²) in [6.07, 6.45) is -1.60. The Labute approximate surface area is 152 Å². The number of primary amides is 1. The van der Waals surface area contributed by atoms with Gasteiger partial charge in [-0.15, -0.1) is 0 Å². The Morgan fingerprint density at radius 1 is 0.815 bits per heavy atom. The second kappa shape index (κ2) is 11.4. The zero-order valence-corrected chi connectivity index (χ0v) is 14.0. The predicted molar refractivity (Wildman–Crippen MR) is 85.6 cm³/mol. The van der Waals surface area contributed by atoms with Crippen LogP contribution in [0.5, 0.6) is 0 Å². The number of hydrogen-bond donors (Lipinski definition) is 8. The van der Waals surface area contributed by atoms with Crippen LogP contribution in [0.25, 0.3) is 0 Å². The first-order valence-corrected chi connectivity index (χ1v) is 7.45. The molecule has 27 heavy (non-hydrogen) atoms. The summed E-state index contributed by atoms with van der Waals surface area (Å²) in [4.78, 5) is 68.3. The highest BCUT2D eigenvalue weighted by Crippen LogP contribution is 1.99. The molecular formula is C13H21N5O9. The zero-order chi connectivity index (χ0) is 21.1. The van der Waals surface area contributed by atoms with Crippen molar-refractivity contribution in [1.29, 1.82) is 0 Å². The monoisotopic (exact) mass is 391 g/mol. The second-order valence-corrected chi connectivity index (χ2v) is 5.24. The minimum Gasteiger partial charge on any atom is -0.481 e. The fraction of sp³-hybridized carbons (Fsp3) is 0.538. The summed E-state index contributed by atoms with van der Waals surface area (Å²) in [7, 11) is 0. The molecule has 3 atom stereocenters. The Morgan fingerprint density at radius 3 is 1.67 bits per heavy atom. The maximum absolute atomic E-state index is 12.2.